The maximum Gasteiger partial charge on any atom is 0.161 e. The number of Topliss-reactive ketones (excluding diaryl/α,β-unsaturated/α-hetero) is 1. The summed E-state index contributed by atoms with van der Waals surface area (Å²) in [5.74, 6) is 0.671. The summed E-state index contributed by atoms with van der Waals surface area (Å²) in [5, 5.41) is 11.1. The number of rotatable bonds is 5. The van der Waals surface area contributed by atoms with E-state index in [0.29, 0.717) is 41.4 Å². The minimum atomic E-state index is -0.527. The standard InChI is InChI=1S/C32H29BrClN3O2/c1-18-13-19(2)25(15-21(18)17-39-29-12-9-23(34)14-20(29)3)30-26(16-35)32(36)37(24-10-7-22(33)8-11-24)27-5-4-6-28(38)31(27)30/h7-15,30H,4-6,17,36H2,1-3H3. The lowest BCUT2D eigenvalue weighted by Gasteiger charge is -2.40. The Balaban J connectivity index is 1.61. The van der Waals surface area contributed by atoms with Crippen LogP contribution in [0.2, 0.25) is 5.02 Å². The molecule has 3 aromatic carbocycles. The molecule has 1 heterocycles. The first-order chi connectivity index (χ1) is 18.7. The lowest BCUT2D eigenvalue weighted by molar-refractivity contribution is -0.116. The number of carbonyl (C=O) groups is 1. The van der Waals surface area contributed by atoms with E-state index in [4.69, 9.17) is 22.1 Å². The van der Waals surface area contributed by atoms with Crippen LogP contribution in [0.1, 0.15) is 53.0 Å². The average molecular weight is 603 g/mol. The van der Waals surface area contributed by atoms with Crippen molar-refractivity contribution in [1.29, 1.82) is 5.26 Å². The predicted molar refractivity (Wildman–Crippen MR) is 159 cm³/mol. The minimum Gasteiger partial charge on any atom is -0.489 e. The van der Waals surface area contributed by atoms with Crippen LogP contribution in [0.4, 0.5) is 5.69 Å². The van der Waals surface area contributed by atoms with Gasteiger partial charge in [-0.3, -0.25) is 9.69 Å². The Kier molecular flexibility index (Phi) is 7.57. The van der Waals surface area contributed by atoms with Crippen molar-refractivity contribution in [3.05, 3.63) is 115 Å². The van der Waals surface area contributed by atoms with Gasteiger partial charge in [0.2, 0.25) is 0 Å². The number of hydrogen-bond donors (Lipinski definition) is 1. The number of allylic oxidation sites excluding steroid dienone is 3. The average Bonchev–Trinajstić information content (AvgIpc) is 2.89. The van der Waals surface area contributed by atoms with Gasteiger partial charge in [-0.2, -0.15) is 5.26 Å². The molecule has 7 heteroatoms. The van der Waals surface area contributed by atoms with E-state index in [2.05, 4.69) is 34.1 Å². The molecular weight excluding hydrogens is 574 g/mol. The summed E-state index contributed by atoms with van der Waals surface area (Å²) in [7, 11) is 0. The maximum atomic E-state index is 13.5. The van der Waals surface area contributed by atoms with Crippen molar-refractivity contribution in [2.75, 3.05) is 4.90 Å². The van der Waals surface area contributed by atoms with Gasteiger partial charge in [-0.1, -0.05) is 39.7 Å². The molecule has 0 spiro atoms. The van der Waals surface area contributed by atoms with Gasteiger partial charge >= 0.3 is 0 Å². The molecule has 1 unspecified atom stereocenters. The van der Waals surface area contributed by atoms with Crippen molar-refractivity contribution >= 4 is 39.0 Å². The first-order valence-corrected chi connectivity index (χ1v) is 14.1. The molecule has 0 amide bonds. The molecule has 0 saturated heterocycles. The lowest BCUT2D eigenvalue weighted by Crippen LogP contribution is -2.38. The lowest BCUT2D eigenvalue weighted by atomic mass is 9.74. The van der Waals surface area contributed by atoms with Crippen LogP contribution in [-0.2, 0) is 11.4 Å². The number of hydrogen-bond acceptors (Lipinski definition) is 5. The largest absolute Gasteiger partial charge is 0.489 e. The van der Waals surface area contributed by atoms with E-state index in [0.717, 1.165) is 55.8 Å². The summed E-state index contributed by atoms with van der Waals surface area (Å²) in [6.45, 7) is 6.38. The Bertz CT molecular complexity index is 1580. The van der Waals surface area contributed by atoms with Crippen LogP contribution in [0.25, 0.3) is 0 Å². The van der Waals surface area contributed by atoms with Crippen LogP contribution < -0.4 is 15.4 Å². The normalized spacial score (nSPS) is 17.3. The highest BCUT2D eigenvalue weighted by atomic mass is 79.9. The third kappa shape index (κ3) is 5.09. The number of halogens is 2. The summed E-state index contributed by atoms with van der Waals surface area (Å²) in [5.41, 5.74) is 14.5. The second-order valence-electron chi connectivity index (χ2n) is 10.1. The van der Waals surface area contributed by atoms with E-state index in [-0.39, 0.29) is 5.78 Å². The van der Waals surface area contributed by atoms with E-state index in [1.807, 2.05) is 68.1 Å². The van der Waals surface area contributed by atoms with E-state index >= 15 is 0 Å². The van der Waals surface area contributed by atoms with Crippen molar-refractivity contribution in [2.45, 2.75) is 52.6 Å². The summed E-state index contributed by atoms with van der Waals surface area (Å²) in [6, 6.07) is 19.9. The maximum absolute atomic E-state index is 13.5. The Hall–Kier alpha value is -3.53. The third-order valence-corrected chi connectivity index (χ3v) is 8.32. The number of anilines is 1. The van der Waals surface area contributed by atoms with Gasteiger partial charge < -0.3 is 10.5 Å². The van der Waals surface area contributed by atoms with Crippen molar-refractivity contribution in [2.24, 2.45) is 5.73 Å². The summed E-state index contributed by atoms with van der Waals surface area (Å²) in [6.07, 6.45) is 1.92. The molecule has 2 aliphatic rings. The Labute approximate surface area is 242 Å². The molecule has 0 radical (unpaired) electrons. The number of ether oxygens (including phenoxy) is 1. The van der Waals surface area contributed by atoms with Gasteiger partial charge in [0, 0.05) is 32.9 Å². The molecule has 1 aliphatic carbocycles. The highest BCUT2D eigenvalue weighted by Gasteiger charge is 2.41. The molecule has 2 N–H and O–H groups in total. The Morgan fingerprint density at radius 1 is 1.05 bits per heavy atom. The van der Waals surface area contributed by atoms with Gasteiger partial charge in [0.25, 0.3) is 0 Å². The SMILES string of the molecule is Cc1cc(C)c(C2C(C#N)=C(N)N(c3ccc(Br)cc3)C3=C2C(=O)CCC3)cc1COc1ccc(Cl)cc1C. The van der Waals surface area contributed by atoms with Crippen molar-refractivity contribution in [1.82, 2.24) is 0 Å². The predicted octanol–water partition coefficient (Wildman–Crippen LogP) is 7.91. The Morgan fingerprint density at radius 2 is 1.79 bits per heavy atom. The third-order valence-electron chi connectivity index (χ3n) is 7.55. The van der Waals surface area contributed by atoms with E-state index in [1.165, 1.54) is 0 Å². The zero-order valence-electron chi connectivity index (χ0n) is 22.1. The fourth-order valence-corrected chi connectivity index (χ4v) is 6.09. The van der Waals surface area contributed by atoms with Gasteiger partial charge in [-0.15, -0.1) is 0 Å². The molecule has 198 valence electrons. The molecule has 1 aliphatic heterocycles. The number of ketones is 1. The minimum absolute atomic E-state index is 0.0678. The molecule has 0 fully saturated rings. The van der Waals surface area contributed by atoms with Crippen LogP contribution in [0.5, 0.6) is 5.75 Å². The quantitative estimate of drug-likeness (QED) is 0.321. The topological polar surface area (TPSA) is 79.4 Å². The first kappa shape index (κ1) is 27.1. The highest BCUT2D eigenvalue weighted by molar-refractivity contribution is 9.10. The van der Waals surface area contributed by atoms with E-state index in [9.17, 15) is 10.1 Å². The molecule has 0 saturated carbocycles. The van der Waals surface area contributed by atoms with Gasteiger partial charge in [0.05, 0.1) is 17.6 Å². The van der Waals surface area contributed by atoms with E-state index in [1.54, 1.807) is 0 Å². The van der Waals surface area contributed by atoms with Crippen LogP contribution in [0, 0.1) is 32.1 Å². The summed E-state index contributed by atoms with van der Waals surface area (Å²) < 4.78 is 7.12. The van der Waals surface area contributed by atoms with Gasteiger partial charge in [-0.25, -0.2) is 0 Å². The number of carbonyl (C=O) groups excluding carboxylic acids is 1. The number of nitriles is 1. The fraction of sp³-hybridized carbons (Fsp3) is 0.250. The molecular formula is C32H29BrClN3O2. The van der Waals surface area contributed by atoms with Crippen LogP contribution in [-0.4, -0.2) is 5.78 Å². The van der Waals surface area contributed by atoms with Crippen LogP contribution >= 0.6 is 27.5 Å². The Morgan fingerprint density at radius 3 is 2.49 bits per heavy atom. The zero-order valence-corrected chi connectivity index (χ0v) is 24.5. The molecule has 1 atom stereocenters. The van der Waals surface area contributed by atoms with Crippen molar-refractivity contribution < 1.29 is 9.53 Å². The zero-order chi connectivity index (χ0) is 27.8. The molecule has 0 bridgehead atoms. The van der Waals surface area contributed by atoms with E-state index < -0.39 is 5.92 Å². The van der Waals surface area contributed by atoms with Gasteiger partial charge in [-0.05, 0) is 104 Å². The number of aryl methyl sites for hydroxylation is 3. The number of nitrogens with two attached hydrogens (primary N) is 1. The summed E-state index contributed by atoms with van der Waals surface area (Å²) in [4.78, 5) is 15.4. The summed E-state index contributed by atoms with van der Waals surface area (Å²) >= 11 is 9.60. The van der Waals surface area contributed by atoms with Crippen molar-refractivity contribution in [3.8, 4) is 11.8 Å². The second-order valence-corrected chi connectivity index (χ2v) is 11.5. The first-order valence-electron chi connectivity index (χ1n) is 12.9. The number of benzene rings is 3. The molecule has 5 nitrogen and oxygen atoms in total. The van der Waals surface area contributed by atoms with Crippen LogP contribution in [0.3, 0.4) is 0 Å². The smallest absolute Gasteiger partial charge is 0.161 e. The molecule has 3 aromatic rings. The van der Waals surface area contributed by atoms with Gasteiger partial charge in [0.15, 0.2) is 5.78 Å². The monoisotopic (exact) mass is 601 g/mol. The van der Waals surface area contributed by atoms with Crippen molar-refractivity contribution in [3.63, 3.8) is 0 Å². The molecule has 39 heavy (non-hydrogen) atoms. The fourth-order valence-electron chi connectivity index (χ4n) is 5.60. The van der Waals surface area contributed by atoms with Gasteiger partial charge in [0.1, 0.15) is 18.2 Å². The molecule has 0 aromatic heterocycles. The number of nitrogens with zero attached hydrogens (tertiary/aromatic N) is 2. The molecule has 5 rings (SSSR count). The second kappa shape index (κ2) is 10.9. The van der Waals surface area contributed by atoms with Crippen LogP contribution in [0.15, 0.2) is 81.7 Å². The highest BCUT2D eigenvalue weighted by Crippen LogP contribution is 2.47.